The molecule has 0 saturated carbocycles. The van der Waals surface area contributed by atoms with E-state index in [4.69, 9.17) is 0 Å². The van der Waals surface area contributed by atoms with Gasteiger partial charge in [-0.2, -0.15) is 0 Å². The van der Waals surface area contributed by atoms with E-state index < -0.39 is 18.3 Å². The van der Waals surface area contributed by atoms with E-state index in [1.807, 2.05) is 0 Å². The van der Waals surface area contributed by atoms with Crippen LogP contribution in [0.15, 0.2) is 18.5 Å². The molecular weight excluding hydrogens is 193 g/mol. The van der Waals surface area contributed by atoms with Crippen LogP contribution in [0.5, 0.6) is 0 Å². The molecule has 0 radical (unpaired) electrons. The molecule has 0 aliphatic rings. The van der Waals surface area contributed by atoms with Crippen molar-refractivity contribution in [2.75, 3.05) is 6.54 Å². The summed E-state index contributed by atoms with van der Waals surface area (Å²) in [6.07, 6.45) is -0.403. The van der Waals surface area contributed by atoms with E-state index in [1.54, 1.807) is 6.92 Å². The van der Waals surface area contributed by atoms with E-state index in [1.165, 1.54) is 12.3 Å². The van der Waals surface area contributed by atoms with Gasteiger partial charge in [0.1, 0.15) is 5.82 Å². The molecule has 0 aliphatic carbocycles. The van der Waals surface area contributed by atoms with Gasteiger partial charge in [0.2, 0.25) is 0 Å². The first-order valence-electron chi connectivity index (χ1n) is 4.27. The first-order valence-corrected chi connectivity index (χ1v) is 4.27. The molecule has 1 N–H and O–H groups in total. The number of rotatable bonds is 4. The van der Waals surface area contributed by atoms with Gasteiger partial charge in [-0.1, -0.05) is 6.92 Å². The highest BCUT2D eigenvalue weighted by Crippen LogP contribution is 2.22. The number of alkyl halides is 2. The van der Waals surface area contributed by atoms with Gasteiger partial charge in [0.25, 0.3) is 6.43 Å². The molecular formula is C9H11F3N2. The highest BCUT2D eigenvalue weighted by atomic mass is 19.3. The smallest absolute Gasteiger partial charge is 0.257 e. The number of pyridine rings is 1. The van der Waals surface area contributed by atoms with Gasteiger partial charge in [-0.05, 0) is 12.6 Å². The topological polar surface area (TPSA) is 24.9 Å². The summed E-state index contributed by atoms with van der Waals surface area (Å²) in [4.78, 5) is 3.50. The summed E-state index contributed by atoms with van der Waals surface area (Å²) < 4.78 is 38.1. The van der Waals surface area contributed by atoms with E-state index >= 15 is 0 Å². The van der Waals surface area contributed by atoms with Crippen molar-refractivity contribution >= 4 is 0 Å². The maximum absolute atomic E-state index is 13.1. The van der Waals surface area contributed by atoms with Crippen LogP contribution >= 0.6 is 0 Å². The molecule has 0 bridgehead atoms. The van der Waals surface area contributed by atoms with Gasteiger partial charge in [0.15, 0.2) is 0 Å². The zero-order valence-electron chi connectivity index (χ0n) is 7.67. The molecule has 0 amide bonds. The Bertz CT molecular complexity index is 291. The average Bonchev–Trinajstić information content (AvgIpc) is 2.15. The summed E-state index contributed by atoms with van der Waals surface area (Å²) in [6.45, 7) is 2.05. The minimum atomic E-state index is -2.63. The molecule has 1 aromatic rings. The third kappa shape index (κ3) is 2.45. The van der Waals surface area contributed by atoms with Crippen LogP contribution in [-0.4, -0.2) is 18.0 Å². The quantitative estimate of drug-likeness (QED) is 0.812. The second-order valence-corrected chi connectivity index (χ2v) is 2.77. The summed E-state index contributed by atoms with van der Waals surface area (Å²) >= 11 is 0. The third-order valence-electron chi connectivity index (χ3n) is 1.81. The van der Waals surface area contributed by atoms with Gasteiger partial charge in [0, 0.05) is 11.8 Å². The molecule has 14 heavy (non-hydrogen) atoms. The fourth-order valence-electron chi connectivity index (χ4n) is 1.19. The fraction of sp³-hybridized carbons (Fsp3) is 0.444. The minimum Gasteiger partial charge on any atom is -0.305 e. The Morgan fingerprint density at radius 1 is 1.50 bits per heavy atom. The number of nitrogens with one attached hydrogen (secondary N) is 1. The van der Waals surface area contributed by atoms with Crippen molar-refractivity contribution in [1.29, 1.82) is 0 Å². The molecule has 78 valence electrons. The first kappa shape index (κ1) is 11.0. The van der Waals surface area contributed by atoms with Crippen LogP contribution in [-0.2, 0) is 0 Å². The van der Waals surface area contributed by atoms with Crippen LogP contribution in [0.1, 0.15) is 18.5 Å². The summed E-state index contributed by atoms with van der Waals surface area (Å²) in [5.74, 6) is -0.709. The number of aromatic nitrogens is 1. The van der Waals surface area contributed by atoms with Crippen LogP contribution in [0, 0.1) is 5.82 Å². The Kier molecular flexibility index (Phi) is 3.88. The Morgan fingerprint density at radius 2 is 2.21 bits per heavy atom. The van der Waals surface area contributed by atoms with Gasteiger partial charge in [-0.25, -0.2) is 13.2 Å². The Hall–Kier alpha value is -1.10. The molecule has 2 nitrogen and oxygen atoms in total. The molecule has 5 heteroatoms. The first-order chi connectivity index (χ1) is 6.66. The van der Waals surface area contributed by atoms with Crippen LogP contribution < -0.4 is 5.32 Å². The van der Waals surface area contributed by atoms with Gasteiger partial charge in [0.05, 0.1) is 12.2 Å². The molecule has 1 rings (SSSR count). The highest BCUT2D eigenvalue weighted by molar-refractivity contribution is 5.18. The fourth-order valence-corrected chi connectivity index (χ4v) is 1.19. The molecule has 1 atom stereocenters. The summed E-state index contributed by atoms with van der Waals surface area (Å²) in [5.41, 5.74) is -0.0446. The van der Waals surface area contributed by atoms with Crippen molar-refractivity contribution in [3.63, 3.8) is 0 Å². The summed E-state index contributed by atoms with van der Waals surface area (Å²) in [5, 5.41) is 2.52. The largest absolute Gasteiger partial charge is 0.305 e. The van der Waals surface area contributed by atoms with E-state index in [-0.39, 0.29) is 5.56 Å². The standard InChI is InChI=1S/C9H11F3N2/c1-2-14-8(9(11)12)6-3-4-13-5-7(6)10/h3-5,8-9,14H,2H2,1H3. The van der Waals surface area contributed by atoms with Gasteiger partial charge in [-0.15, -0.1) is 0 Å². The summed E-state index contributed by atoms with van der Waals surface area (Å²) in [7, 11) is 0. The number of nitrogens with zero attached hydrogens (tertiary/aromatic N) is 1. The molecule has 1 aromatic heterocycles. The van der Waals surface area contributed by atoms with E-state index in [0.717, 1.165) is 6.20 Å². The molecule has 1 heterocycles. The highest BCUT2D eigenvalue weighted by Gasteiger charge is 2.23. The Morgan fingerprint density at radius 3 is 2.71 bits per heavy atom. The molecule has 0 aliphatic heterocycles. The normalized spacial score (nSPS) is 13.2. The predicted molar refractivity (Wildman–Crippen MR) is 46.6 cm³/mol. The lowest BCUT2D eigenvalue weighted by molar-refractivity contribution is 0.0975. The van der Waals surface area contributed by atoms with Crippen LogP contribution in [0.25, 0.3) is 0 Å². The average molecular weight is 204 g/mol. The van der Waals surface area contributed by atoms with E-state index in [2.05, 4.69) is 10.3 Å². The van der Waals surface area contributed by atoms with Crippen molar-refractivity contribution in [3.8, 4) is 0 Å². The number of halogens is 3. The van der Waals surface area contributed by atoms with E-state index in [9.17, 15) is 13.2 Å². The molecule has 0 aromatic carbocycles. The Balaban J connectivity index is 2.93. The van der Waals surface area contributed by atoms with Gasteiger partial charge < -0.3 is 5.32 Å². The van der Waals surface area contributed by atoms with Crippen LogP contribution in [0.4, 0.5) is 13.2 Å². The van der Waals surface area contributed by atoms with Crippen LogP contribution in [0.3, 0.4) is 0 Å². The minimum absolute atomic E-state index is 0.0446. The van der Waals surface area contributed by atoms with Crippen molar-refractivity contribution in [2.24, 2.45) is 0 Å². The summed E-state index contributed by atoms with van der Waals surface area (Å²) in [6, 6.07) is -0.00236. The maximum atomic E-state index is 13.1. The zero-order chi connectivity index (χ0) is 10.6. The van der Waals surface area contributed by atoms with Crippen molar-refractivity contribution in [1.82, 2.24) is 10.3 Å². The Labute approximate surface area is 80.2 Å². The lowest BCUT2D eigenvalue weighted by Gasteiger charge is -2.17. The predicted octanol–water partition coefficient (Wildman–Crippen LogP) is 2.14. The van der Waals surface area contributed by atoms with Crippen molar-refractivity contribution in [2.45, 2.75) is 19.4 Å². The molecule has 1 unspecified atom stereocenters. The lowest BCUT2D eigenvalue weighted by Crippen LogP contribution is -2.27. The molecule has 0 spiro atoms. The van der Waals surface area contributed by atoms with Crippen LogP contribution in [0.2, 0.25) is 0 Å². The van der Waals surface area contributed by atoms with Gasteiger partial charge >= 0.3 is 0 Å². The third-order valence-corrected chi connectivity index (χ3v) is 1.81. The second kappa shape index (κ2) is 4.95. The second-order valence-electron chi connectivity index (χ2n) is 2.77. The van der Waals surface area contributed by atoms with E-state index in [0.29, 0.717) is 6.54 Å². The van der Waals surface area contributed by atoms with Gasteiger partial charge in [-0.3, -0.25) is 4.98 Å². The van der Waals surface area contributed by atoms with Crippen molar-refractivity contribution < 1.29 is 13.2 Å². The molecule has 0 saturated heterocycles. The monoisotopic (exact) mass is 204 g/mol. The zero-order valence-corrected chi connectivity index (χ0v) is 7.67. The SMILES string of the molecule is CCNC(c1ccncc1F)C(F)F. The number of hydrogen-bond donors (Lipinski definition) is 1. The lowest BCUT2D eigenvalue weighted by atomic mass is 10.1. The molecule has 0 fully saturated rings. The van der Waals surface area contributed by atoms with Crippen molar-refractivity contribution in [3.05, 3.63) is 29.8 Å². The number of hydrogen-bond acceptors (Lipinski definition) is 2. The maximum Gasteiger partial charge on any atom is 0.257 e.